The zero-order chi connectivity index (χ0) is 18.0. The number of fused-ring (bicyclic) bond motifs is 1. The molecule has 0 radical (unpaired) electrons. The summed E-state index contributed by atoms with van der Waals surface area (Å²) in [7, 11) is 0. The fraction of sp³-hybridized carbons (Fsp3) is 0.556. The summed E-state index contributed by atoms with van der Waals surface area (Å²) in [6.07, 6.45) is 5.23. The van der Waals surface area contributed by atoms with Crippen LogP contribution >= 0.6 is 0 Å². The van der Waals surface area contributed by atoms with Crippen molar-refractivity contribution in [1.29, 1.82) is 5.26 Å². The van der Waals surface area contributed by atoms with E-state index < -0.39 is 5.60 Å². The molecule has 1 amide bonds. The SMILES string of the molecule is CC(C)(C)OC(=O)N[C@@H]1CCC[C@H](c2nnc3cc(C#N)ccn23)C1. The molecule has 2 aromatic rings. The Morgan fingerprint density at radius 1 is 1.40 bits per heavy atom. The van der Waals surface area contributed by atoms with Crippen molar-refractivity contribution in [2.75, 3.05) is 0 Å². The zero-order valence-electron chi connectivity index (χ0n) is 14.8. The third-order valence-corrected chi connectivity index (χ3v) is 4.33. The van der Waals surface area contributed by atoms with Crippen LogP contribution in [0, 0.1) is 11.3 Å². The van der Waals surface area contributed by atoms with Crippen LogP contribution in [0.15, 0.2) is 18.3 Å². The quantitative estimate of drug-likeness (QED) is 0.906. The van der Waals surface area contributed by atoms with Crippen LogP contribution < -0.4 is 5.32 Å². The largest absolute Gasteiger partial charge is 0.444 e. The molecule has 0 saturated heterocycles. The summed E-state index contributed by atoms with van der Waals surface area (Å²) in [5, 5.41) is 20.5. The summed E-state index contributed by atoms with van der Waals surface area (Å²) in [5.74, 6) is 1.10. The number of carbonyl (C=O) groups is 1. The Balaban J connectivity index is 1.71. The van der Waals surface area contributed by atoms with E-state index in [-0.39, 0.29) is 18.1 Å². The molecule has 1 aliphatic rings. The third kappa shape index (κ3) is 4.08. The number of pyridine rings is 1. The fourth-order valence-electron chi connectivity index (χ4n) is 3.29. The third-order valence-electron chi connectivity index (χ3n) is 4.33. The number of hydrogen-bond donors (Lipinski definition) is 1. The summed E-state index contributed by atoms with van der Waals surface area (Å²) >= 11 is 0. The van der Waals surface area contributed by atoms with Crippen LogP contribution in [0.4, 0.5) is 4.79 Å². The molecule has 1 saturated carbocycles. The predicted octanol–water partition coefficient (Wildman–Crippen LogP) is 3.15. The van der Waals surface area contributed by atoms with Crippen molar-refractivity contribution in [3.8, 4) is 6.07 Å². The van der Waals surface area contributed by atoms with Gasteiger partial charge in [-0.3, -0.25) is 4.40 Å². The first kappa shape index (κ1) is 17.2. The minimum Gasteiger partial charge on any atom is -0.444 e. The number of hydrogen-bond acceptors (Lipinski definition) is 5. The van der Waals surface area contributed by atoms with Crippen LogP contribution in [0.25, 0.3) is 5.65 Å². The van der Waals surface area contributed by atoms with Crippen LogP contribution in [0.1, 0.15) is 63.8 Å². The van der Waals surface area contributed by atoms with Gasteiger partial charge in [-0.1, -0.05) is 6.42 Å². The molecule has 1 N–H and O–H groups in total. The molecule has 0 bridgehead atoms. The van der Waals surface area contributed by atoms with Crippen molar-refractivity contribution in [3.05, 3.63) is 29.7 Å². The molecule has 3 rings (SSSR count). The lowest BCUT2D eigenvalue weighted by Gasteiger charge is -2.29. The van der Waals surface area contributed by atoms with Gasteiger partial charge in [0.05, 0.1) is 11.6 Å². The monoisotopic (exact) mass is 341 g/mol. The van der Waals surface area contributed by atoms with Gasteiger partial charge < -0.3 is 10.1 Å². The molecular formula is C18H23N5O2. The molecule has 2 heterocycles. The molecule has 0 unspecified atom stereocenters. The molecule has 7 nitrogen and oxygen atoms in total. The Bertz CT molecular complexity index is 815. The number of rotatable bonds is 2. The van der Waals surface area contributed by atoms with Crippen molar-refractivity contribution in [1.82, 2.24) is 19.9 Å². The van der Waals surface area contributed by atoms with Gasteiger partial charge in [-0.25, -0.2) is 4.79 Å². The first-order valence-corrected chi connectivity index (χ1v) is 8.60. The van der Waals surface area contributed by atoms with Crippen LogP contribution in [0.3, 0.4) is 0 Å². The molecule has 0 aliphatic heterocycles. The van der Waals surface area contributed by atoms with Gasteiger partial charge in [0.25, 0.3) is 0 Å². The van der Waals surface area contributed by atoms with Crippen molar-refractivity contribution in [2.45, 2.75) is 64.0 Å². The van der Waals surface area contributed by atoms with Crippen molar-refractivity contribution in [3.63, 3.8) is 0 Å². The Hall–Kier alpha value is -2.62. The highest BCUT2D eigenvalue weighted by atomic mass is 16.6. The molecular weight excluding hydrogens is 318 g/mol. The van der Waals surface area contributed by atoms with Crippen molar-refractivity contribution in [2.24, 2.45) is 0 Å². The molecule has 0 aromatic carbocycles. The van der Waals surface area contributed by atoms with E-state index in [2.05, 4.69) is 21.6 Å². The number of amides is 1. The number of ether oxygens (including phenoxy) is 1. The number of nitrogens with one attached hydrogen (secondary N) is 1. The van der Waals surface area contributed by atoms with E-state index in [0.717, 1.165) is 31.5 Å². The van der Waals surface area contributed by atoms with Gasteiger partial charge in [-0.05, 0) is 46.1 Å². The maximum atomic E-state index is 12.0. The van der Waals surface area contributed by atoms with E-state index in [0.29, 0.717) is 11.2 Å². The van der Waals surface area contributed by atoms with E-state index in [4.69, 9.17) is 10.00 Å². The van der Waals surface area contributed by atoms with Gasteiger partial charge in [0.15, 0.2) is 5.65 Å². The lowest BCUT2D eigenvalue weighted by molar-refractivity contribution is 0.0490. The Morgan fingerprint density at radius 2 is 2.20 bits per heavy atom. The second-order valence-electron chi connectivity index (χ2n) is 7.52. The van der Waals surface area contributed by atoms with Crippen molar-refractivity contribution < 1.29 is 9.53 Å². The number of alkyl carbamates (subject to hydrolysis) is 1. The highest BCUT2D eigenvalue weighted by molar-refractivity contribution is 5.68. The lowest BCUT2D eigenvalue weighted by Crippen LogP contribution is -2.41. The Kier molecular flexibility index (Phi) is 4.62. The van der Waals surface area contributed by atoms with Gasteiger partial charge in [0, 0.05) is 24.2 Å². The van der Waals surface area contributed by atoms with Gasteiger partial charge in [0.1, 0.15) is 11.4 Å². The van der Waals surface area contributed by atoms with Crippen LogP contribution in [0.2, 0.25) is 0 Å². The molecule has 1 aliphatic carbocycles. The normalized spacial score (nSPS) is 20.9. The summed E-state index contributed by atoms with van der Waals surface area (Å²) in [6, 6.07) is 5.68. The second-order valence-corrected chi connectivity index (χ2v) is 7.52. The Morgan fingerprint density at radius 3 is 2.92 bits per heavy atom. The topological polar surface area (TPSA) is 92.3 Å². The first-order chi connectivity index (χ1) is 11.9. The smallest absolute Gasteiger partial charge is 0.407 e. The number of aromatic nitrogens is 3. The highest BCUT2D eigenvalue weighted by Gasteiger charge is 2.29. The predicted molar refractivity (Wildman–Crippen MR) is 92.1 cm³/mol. The first-order valence-electron chi connectivity index (χ1n) is 8.60. The summed E-state index contributed by atoms with van der Waals surface area (Å²) in [5.41, 5.74) is 0.746. The second kappa shape index (κ2) is 6.71. The zero-order valence-corrected chi connectivity index (χ0v) is 14.8. The van der Waals surface area contributed by atoms with Crippen molar-refractivity contribution >= 4 is 11.7 Å². The van der Waals surface area contributed by atoms with Crippen LogP contribution in [0.5, 0.6) is 0 Å². The average molecular weight is 341 g/mol. The molecule has 25 heavy (non-hydrogen) atoms. The maximum absolute atomic E-state index is 12.0. The van der Waals surface area contributed by atoms with Crippen LogP contribution in [-0.2, 0) is 4.74 Å². The number of nitriles is 1. The number of carbonyl (C=O) groups excluding carboxylic acids is 1. The minimum absolute atomic E-state index is 0.0688. The summed E-state index contributed by atoms with van der Waals surface area (Å²) in [4.78, 5) is 12.0. The molecule has 2 atom stereocenters. The minimum atomic E-state index is -0.500. The molecule has 132 valence electrons. The molecule has 0 spiro atoms. The van der Waals surface area contributed by atoms with E-state index in [1.54, 1.807) is 12.1 Å². The standard InChI is InChI=1S/C18H23N5O2/c1-18(2,3)25-17(24)20-14-6-4-5-13(10-14)16-22-21-15-9-12(11-19)7-8-23(15)16/h7-9,13-14H,4-6,10H2,1-3H3,(H,20,24)/t13-,14+/m0/s1. The highest BCUT2D eigenvalue weighted by Crippen LogP contribution is 2.32. The summed E-state index contributed by atoms with van der Waals surface area (Å²) in [6.45, 7) is 5.57. The van der Waals surface area contributed by atoms with E-state index in [9.17, 15) is 4.79 Å². The van der Waals surface area contributed by atoms with Gasteiger partial charge >= 0.3 is 6.09 Å². The summed E-state index contributed by atoms with van der Waals surface area (Å²) < 4.78 is 7.28. The van der Waals surface area contributed by atoms with Gasteiger partial charge in [-0.2, -0.15) is 5.26 Å². The Labute approximate surface area is 147 Å². The molecule has 1 fully saturated rings. The average Bonchev–Trinajstić information content (AvgIpc) is 2.96. The molecule has 7 heteroatoms. The van der Waals surface area contributed by atoms with Crippen LogP contribution in [-0.4, -0.2) is 32.3 Å². The number of nitrogens with zero attached hydrogens (tertiary/aromatic N) is 4. The van der Waals surface area contributed by atoms with E-state index in [1.807, 2.05) is 31.4 Å². The lowest BCUT2D eigenvalue weighted by atomic mass is 9.85. The fourth-order valence-corrected chi connectivity index (χ4v) is 3.29. The molecule has 2 aromatic heterocycles. The van der Waals surface area contributed by atoms with Gasteiger partial charge in [-0.15, -0.1) is 10.2 Å². The van der Waals surface area contributed by atoms with Gasteiger partial charge in [0.2, 0.25) is 0 Å². The van der Waals surface area contributed by atoms with E-state index in [1.165, 1.54) is 0 Å². The maximum Gasteiger partial charge on any atom is 0.407 e. The van der Waals surface area contributed by atoms with E-state index >= 15 is 0 Å².